The van der Waals surface area contributed by atoms with Gasteiger partial charge in [-0.2, -0.15) is 0 Å². The highest BCUT2D eigenvalue weighted by Crippen LogP contribution is 2.26. The summed E-state index contributed by atoms with van der Waals surface area (Å²) < 4.78 is 5.63. The predicted octanol–water partition coefficient (Wildman–Crippen LogP) is 0.223. The Balaban J connectivity index is 2.68. The molecule has 1 fully saturated rings. The van der Waals surface area contributed by atoms with Crippen molar-refractivity contribution in [2.45, 2.75) is 51.0 Å². The van der Waals surface area contributed by atoms with Crippen molar-refractivity contribution in [3.05, 3.63) is 0 Å². The van der Waals surface area contributed by atoms with Crippen molar-refractivity contribution in [1.29, 1.82) is 0 Å². The lowest BCUT2D eigenvalue weighted by Gasteiger charge is -2.40. The minimum atomic E-state index is -0.862. The number of hydrogen-bond acceptors (Lipinski definition) is 4. The number of likely N-dealkylation sites (N-methyl/N-ethyl adjacent to an activating group) is 1. The molecule has 1 heterocycles. The van der Waals surface area contributed by atoms with Crippen LogP contribution >= 0.6 is 0 Å². The molecule has 5 nitrogen and oxygen atoms in total. The van der Waals surface area contributed by atoms with E-state index in [9.17, 15) is 9.90 Å². The number of rotatable bonds is 4. The summed E-state index contributed by atoms with van der Waals surface area (Å²) in [5, 5.41) is 21.8. The quantitative estimate of drug-likeness (QED) is 0.645. The average Bonchev–Trinajstić information content (AvgIpc) is 2.19. The van der Waals surface area contributed by atoms with E-state index in [-0.39, 0.29) is 30.6 Å². The van der Waals surface area contributed by atoms with Crippen LogP contribution in [0.5, 0.6) is 0 Å². The highest BCUT2D eigenvalue weighted by Gasteiger charge is 2.38. The Morgan fingerprint density at radius 2 is 2.19 bits per heavy atom. The molecule has 0 spiro atoms. The SMILES string of the molecule is CN[C@H]1C[C@@H](CC(=O)O)O[C@@H](C(C)C)[C@@H]1O. The van der Waals surface area contributed by atoms with Gasteiger partial charge in [-0.25, -0.2) is 0 Å². The van der Waals surface area contributed by atoms with Gasteiger partial charge in [-0.1, -0.05) is 13.8 Å². The minimum absolute atomic E-state index is 0.00583. The highest BCUT2D eigenvalue weighted by molar-refractivity contribution is 5.67. The Bertz CT molecular complexity index is 244. The Morgan fingerprint density at radius 3 is 2.62 bits per heavy atom. The van der Waals surface area contributed by atoms with Gasteiger partial charge in [0.1, 0.15) is 0 Å². The molecular formula is C11H21NO4. The van der Waals surface area contributed by atoms with Crippen molar-refractivity contribution in [3.8, 4) is 0 Å². The molecule has 0 radical (unpaired) electrons. The van der Waals surface area contributed by atoms with Gasteiger partial charge in [0, 0.05) is 6.04 Å². The number of aliphatic carboxylic acids is 1. The van der Waals surface area contributed by atoms with Gasteiger partial charge < -0.3 is 20.3 Å². The van der Waals surface area contributed by atoms with Gasteiger partial charge in [0.2, 0.25) is 0 Å². The molecule has 1 saturated heterocycles. The van der Waals surface area contributed by atoms with E-state index >= 15 is 0 Å². The third-order valence-corrected chi connectivity index (χ3v) is 3.05. The first-order valence-corrected chi connectivity index (χ1v) is 5.68. The zero-order valence-corrected chi connectivity index (χ0v) is 10.0. The van der Waals surface area contributed by atoms with Crippen LogP contribution in [0.3, 0.4) is 0 Å². The van der Waals surface area contributed by atoms with Crippen LogP contribution < -0.4 is 5.32 Å². The van der Waals surface area contributed by atoms with Gasteiger partial charge in [-0.15, -0.1) is 0 Å². The summed E-state index contributed by atoms with van der Waals surface area (Å²) in [6.45, 7) is 3.92. The average molecular weight is 231 g/mol. The second kappa shape index (κ2) is 5.61. The maximum atomic E-state index is 10.7. The van der Waals surface area contributed by atoms with Crippen LogP contribution in [0.15, 0.2) is 0 Å². The fraction of sp³-hybridized carbons (Fsp3) is 0.909. The molecule has 0 aromatic rings. The van der Waals surface area contributed by atoms with Gasteiger partial charge in [-0.05, 0) is 19.4 Å². The molecular weight excluding hydrogens is 210 g/mol. The molecule has 0 unspecified atom stereocenters. The number of aliphatic hydroxyl groups is 1. The van der Waals surface area contributed by atoms with E-state index in [0.717, 1.165) is 0 Å². The third kappa shape index (κ3) is 3.17. The molecule has 0 bridgehead atoms. The van der Waals surface area contributed by atoms with Gasteiger partial charge in [0.25, 0.3) is 0 Å². The Kier molecular flexibility index (Phi) is 4.70. The van der Waals surface area contributed by atoms with Crippen molar-refractivity contribution in [1.82, 2.24) is 5.32 Å². The van der Waals surface area contributed by atoms with E-state index in [2.05, 4.69) is 5.32 Å². The third-order valence-electron chi connectivity index (χ3n) is 3.05. The molecule has 1 aliphatic heterocycles. The number of nitrogens with one attached hydrogen (secondary N) is 1. The van der Waals surface area contributed by atoms with Crippen LogP contribution in [-0.2, 0) is 9.53 Å². The number of carboxylic acids is 1. The molecule has 4 atom stereocenters. The molecule has 0 amide bonds. The van der Waals surface area contributed by atoms with Gasteiger partial charge in [0.05, 0.1) is 24.7 Å². The summed E-state index contributed by atoms with van der Waals surface area (Å²) in [5.74, 6) is -0.693. The number of carbonyl (C=O) groups is 1. The Hall–Kier alpha value is -0.650. The molecule has 0 aliphatic carbocycles. The summed E-state index contributed by atoms with van der Waals surface area (Å²) in [5.41, 5.74) is 0. The fourth-order valence-electron chi connectivity index (χ4n) is 2.18. The molecule has 16 heavy (non-hydrogen) atoms. The smallest absolute Gasteiger partial charge is 0.305 e. The second-order valence-corrected chi connectivity index (χ2v) is 4.69. The monoisotopic (exact) mass is 231 g/mol. The summed E-state index contributed by atoms with van der Waals surface area (Å²) in [6.07, 6.45) is -0.655. The summed E-state index contributed by atoms with van der Waals surface area (Å²) in [6, 6.07) is -0.0921. The zero-order valence-electron chi connectivity index (χ0n) is 10.0. The first-order valence-electron chi connectivity index (χ1n) is 5.68. The van der Waals surface area contributed by atoms with Crippen LogP contribution in [-0.4, -0.2) is 47.6 Å². The van der Waals surface area contributed by atoms with Crippen LogP contribution in [0.25, 0.3) is 0 Å². The number of ether oxygens (including phenoxy) is 1. The van der Waals surface area contributed by atoms with Crippen molar-refractivity contribution in [2.24, 2.45) is 5.92 Å². The van der Waals surface area contributed by atoms with E-state index < -0.39 is 12.1 Å². The number of aliphatic hydroxyl groups excluding tert-OH is 1. The molecule has 1 aliphatic rings. The molecule has 1 rings (SSSR count). The van der Waals surface area contributed by atoms with Crippen LogP contribution in [0.2, 0.25) is 0 Å². The lowest BCUT2D eigenvalue weighted by atomic mass is 9.89. The Labute approximate surface area is 95.8 Å². The number of hydrogen-bond donors (Lipinski definition) is 3. The standard InChI is InChI=1S/C11H21NO4/c1-6(2)11-10(15)8(12-3)4-7(16-11)5-9(13)14/h6-8,10-12,15H,4-5H2,1-3H3,(H,13,14)/t7-,8-,10+,11-/m0/s1. The Morgan fingerprint density at radius 1 is 1.56 bits per heavy atom. The highest BCUT2D eigenvalue weighted by atomic mass is 16.5. The summed E-state index contributed by atoms with van der Waals surface area (Å²) >= 11 is 0. The van der Waals surface area contributed by atoms with Gasteiger partial charge in [-0.3, -0.25) is 4.79 Å². The first-order chi connectivity index (χ1) is 7.45. The molecule has 5 heteroatoms. The molecule has 0 aromatic carbocycles. The summed E-state index contributed by atoms with van der Waals surface area (Å²) in [4.78, 5) is 10.7. The van der Waals surface area contributed by atoms with Crippen molar-refractivity contribution in [2.75, 3.05) is 7.05 Å². The van der Waals surface area contributed by atoms with Crippen LogP contribution in [0.4, 0.5) is 0 Å². The van der Waals surface area contributed by atoms with Crippen molar-refractivity contribution < 1.29 is 19.7 Å². The topological polar surface area (TPSA) is 78.8 Å². The lowest BCUT2D eigenvalue weighted by molar-refractivity contribution is -0.162. The minimum Gasteiger partial charge on any atom is -0.481 e. The van der Waals surface area contributed by atoms with Crippen molar-refractivity contribution in [3.63, 3.8) is 0 Å². The fourth-order valence-corrected chi connectivity index (χ4v) is 2.18. The molecule has 0 saturated carbocycles. The normalized spacial score (nSPS) is 35.3. The molecule has 0 aromatic heterocycles. The van der Waals surface area contributed by atoms with Gasteiger partial charge >= 0.3 is 5.97 Å². The van der Waals surface area contributed by atoms with E-state index in [1.807, 2.05) is 13.8 Å². The largest absolute Gasteiger partial charge is 0.481 e. The van der Waals surface area contributed by atoms with Gasteiger partial charge in [0.15, 0.2) is 0 Å². The van der Waals surface area contributed by atoms with Crippen LogP contribution in [0.1, 0.15) is 26.7 Å². The zero-order chi connectivity index (χ0) is 12.3. The van der Waals surface area contributed by atoms with E-state index in [1.165, 1.54) is 0 Å². The lowest BCUT2D eigenvalue weighted by Crippen LogP contribution is -2.55. The van der Waals surface area contributed by atoms with Crippen molar-refractivity contribution >= 4 is 5.97 Å². The van der Waals surface area contributed by atoms with E-state index in [0.29, 0.717) is 6.42 Å². The summed E-state index contributed by atoms with van der Waals surface area (Å²) in [7, 11) is 1.77. The second-order valence-electron chi connectivity index (χ2n) is 4.69. The maximum Gasteiger partial charge on any atom is 0.305 e. The van der Waals surface area contributed by atoms with E-state index in [1.54, 1.807) is 7.05 Å². The van der Waals surface area contributed by atoms with E-state index in [4.69, 9.17) is 9.84 Å². The first kappa shape index (κ1) is 13.4. The number of carboxylic acid groups (broad SMARTS) is 1. The maximum absolute atomic E-state index is 10.7. The molecule has 94 valence electrons. The predicted molar refractivity (Wildman–Crippen MR) is 59.2 cm³/mol. The molecule has 3 N–H and O–H groups in total. The van der Waals surface area contributed by atoms with Crippen LogP contribution in [0, 0.1) is 5.92 Å².